The van der Waals surface area contributed by atoms with Crippen molar-refractivity contribution in [3.8, 4) is 0 Å². The van der Waals surface area contributed by atoms with Gasteiger partial charge in [0.1, 0.15) is 5.82 Å². The Balaban J connectivity index is 1.69. The zero-order valence-corrected chi connectivity index (χ0v) is 11.2. The highest BCUT2D eigenvalue weighted by Gasteiger charge is 2.34. The van der Waals surface area contributed by atoms with Gasteiger partial charge in [0.05, 0.1) is 10.6 Å². The Morgan fingerprint density at radius 1 is 1.47 bits per heavy atom. The number of anilines is 1. The van der Waals surface area contributed by atoms with E-state index in [4.69, 9.17) is 16.7 Å². The van der Waals surface area contributed by atoms with E-state index in [9.17, 15) is 4.79 Å². The van der Waals surface area contributed by atoms with Crippen LogP contribution in [0, 0.1) is 0 Å². The van der Waals surface area contributed by atoms with Gasteiger partial charge in [-0.05, 0) is 25.3 Å². The molecule has 2 aliphatic rings. The van der Waals surface area contributed by atoms with Crippen molar-refractivity contribution in [3.05, 3.63) is 22.8 Å². The molecule has 6 heteroatoms. The average Bonchev–Trinajstić information content (AvgIpc) is 3.12. The third-order valence-electron chi connectivity index (χ3n) is 3.74. The van der Waals surface area contributed by atoms with Gasteiger partial charge in [-0.25, -0.2) is 9.78 Å². The summed E-state index contributed by atoms with van der Waals surface area (Å²) in [6, 6.07) is 2.48. The van der Waals surface area contributed by atoms with Gasteiger partial charge in [-0.15, -0.1) is 0 Å². The summed E-state index contributed by atoms with van der Waals surface area (Å²) in [6.45, 7) is 2.08. The molecule has 0 radical (unpaired) electrons. The van der Waals surface area contributed by atoms with Crippen LogP contribution < -0.4 is 5.32 Å². The molecule has 19 heavy (non-hydrogen) atoms. The highest BCUT2D eigenvalue weighted by atomic mass is 35.5. The first-order chi connectivity index (χ1) is 9.15. The number of nitrogens with one attached hydrogen (secondary N) is 1. The van der Waals surface area contributed by atoms with Gasteiger partial charge in [-0.3, -0.25) is 4.90 Å². The zero-order chi connectivity index (χ0) is 13.4. The van der Waals surface area contributed by atoms with Gasteiger partial charge in [0.15, 0.2) is 0 Å². The van der Waals surface area contributed by atoms with E-state index in [0.29, 0.717) is 11.9 Å². The summed E-state index contributed by atoms with van der Waals surface area (Å²) >= 11 is 6.07. The third-order valence-corrected chi connectivity index (χ3v) is 4.13. The molecule has 2 N–H and O–H groups in total. The van der Waals surface area contributed by atoms with Crippen LogP contribution in [0.4, 0.5) is 5.82 Å². The number of hydrogen-bond donors (Lipinski definition) is 2. The minimum atomic E-state index is -1.03. The lowest BCUT2D eigenvalue weighted by Gasteiger charge is -2.17. The largest absolute Gasteiger partial charge is 0.478 e. The minimum absolute atomic E-state index is 0.0937. The summed E-state index contributed by atoms with van der Waals surface area (Å²) in [6.07, 6.45) is 5.14. The Hall–Kier alpha value is -1.33. The van der Waals surface area contributed by atoms with Crippen LogP contribution in [0.2, 0.25) is 5.02 Å². The molecule has 1 unspecified atom stereocenters. The van der Waals surface area contributed by atoms with E-state index in [2.05, 4.69) is 15.2 Å². The molecule has 0 bridgehead atoms. The second-order valence-electron chi connectivity index (χ2n) is 5.18. The van der Waals surface area contributed by atoms with Crippen molar-refractivity contribution in [2.75, 3.05) is 18.4 Å². The molecule has 2 heterocycles. The van der Waals surface area contributed by atoms with Gasteiger partial charge in [0.25, 0.3) is 0 Å². The molecule has 0 spiro atoms. The van der Waals surface area contributed by atoms with E-state index in [1.165, 1.54) is 25.1 Å². The van der Waals surface area contributed by atoms with Gasteiger partial charge < -0.3 is 10.4 Å². The fraction of sp³-hybridized carbons (Fsp3) is 0.538. The predicted octanol–water partition coefficient (Wildman–Crippen LogP) is 2.08. The number of aromatic nitrogens is 1. The van der Waals surface area contributed by atoms with E-state index >= 15 is 0 Å². The summed E-state index contributed by atoms with van der Waals surface area (Å²) in [7, 11) is 0. The van der Waals surface area contributed by atoms with Crippen LogP contribution in [0.3, 0.4) is 0 Å². The van der Waals surface area contributed by atoms with Crippen LogP contribution in [0.1, 0.15) is 29.6 Å². The number of halogens is 1. The van der Waals surface area contributed by atoms with Crippen molar-refractivity contribution in [2.45, 2.75) is 31.3 Å². The molecule has 5 nitrogen and oxygen atoms in total. The van der Waals surface area contributed by atoms with Crippen LogP contribution in [0.5, 0.6) is 0 Å². The summed E-state index contributed by atoms with van der Waals surface area (Å²) in [5, 5.41) is 12.5. The molecule has 102 valence electrons. The number of nitrogens with zero attached hydrogens (tertiary/aromatic N) is 2. The summed E-state index contributed by atoms with van der Waals surface area (Å²) < 4.78 is 0. The van der Waals surface area contributed by atoms with E-state index in [1.54, 1.807) is 0 Å². The number of aromatic carboxylic acids is 1. The highest BCUT2D eigenvalue weighted by Crippen LogP contribution is 2.31. The first-order valence-electron chi connectivity index (χ1n) is 6.53. The van der Waals surface area contributed by atoms with Crippen LogP contribution in [-0.2, 0) is 0 Å². The topological polar surface area (TPSA) is 65.5 Å². The molecule has 3 rings (SSSR count). The van der Waals surface area contributed by atoms with Gasteiger partial charge in [-0.1, -0.05) is 11.6 Å². The Bertz CT molecular complexity index is 505. The molecular weight excluding hydrogens is 266 g/mol. The molecular formula is C13H16ClN3O2. The van der Waals surface area contributed by atoms with Crippen LogP contribution in [-0.4, -0.2) is 46.1 Å². The standard InChI is InChI=1S/C13H16ClN3O2/c14-11-10(13(18)19)3-5-15-12(11)16-8-4-6-17(7-8)9-1-2-9/h3,5,8-9H,1-2,4,6-7H2,(H,15,16)(H,18,19). The van der Waals surface area contributed by atoms with Crippen LogP contribution in [0.25, 0.3) is 0 Å². The molecule has 1 atom stereocenters. The Morgan fingerprint density at radius 2 is 2.26 bits per heavy atom. The maximum atomic E-state index is 11.0. The number of carboxylic acids is 1. The van der Waals surface area contributed by atoms with Gasteiger partial charge in [-0.2, -0.15) is 0 Å². The van der Waals surface area contributed by atoms with Crippen molar-refractivity contribution in [3.63, 3.8) is 0 Å². The van der Waals surface area contributed by atoms with E-state index < -0.39 is 5.97 Å². The molecule has 1 aliphatic heterocycles. The van der Waals surface area contributed by atoms with Crippen molar-refractivity contribution < 1.29 is 9.90 Å². The molecule has 0 aromatic carbocycles. The number of carboxylic acid groups (broad SMARTS) is 1. The molecule has 1 aromatic heterocycles. The second kappa shape index (κ2) is 4.98. The maximum Gasteiger partial charge on any atom is 0.337 e. The van der Waals surface area contributed by atoms with Crippen molar-refractivity contribution in [1.29, 1.82) is 0 Å². The second-order valence-corrected chi connectivity index (χ2v) is 5.56. The first kappa shape index (κ1) is 12.7. The molecule has 1 aliphatic carbocycles. The molecule has 1 saturated heterocycles. The number of likely N-dealkylation sites (tertiary alicyclic amines) is 1. The smallest absolute Gasteiger partial charge is 0.337 e. The predicted molar refractivity (Wildman–Crippen MR) is 72.8 cm³/mol. The number of hydrogen-bond acceptors (Lipinski definition) is 4. The molecule has 2 fully saturated rings. The molecule has 1 saturated carbocycles. The van der Waals surface area contributed by atoms with Crippen LogP contribution in [0.15, 0.2) is 12.3 Å². The van der Waals surface area contributed by atoms with E-state index in [0.717, 1.165) is 25.6 Å². The van der Waals surface area contributed by atoms with Gasteiger partial charge in [0, 0.05) is 31.4 Å². The Kier molecular flexibility index (Phi) is 3.33. The summed E-state index contributed by atoms with van der Waals surface area (Å²) in [4.78, 5) is 17.6. The Morgan fingerprint density at radius 3 is 2.95 bits per heavy atom. The highest BCUT2D eigenvalue weighted by molar-refractivity contribution is 6.35. The summed E-state index contributed by atoms with van der Waals surface area (Å²) in [5.41, 5.74) is 0.0937. The van der Waals surface area contributed by atoms with Crippen molar-refractivity contribution in [1.82, 2.24) is 9.88 Å². The SMILES string of the molecule is O=C(O)c1ccnc(NC2CCN(C3CC3)C2)c1Cl. The number of rotatable bonds is 4. The maximum absolute atomic E-state index is 11.0. The lowest BCUT2D eigenvalue weighted by Crippen LogP contribution is -2.28. The normalized spacial score (nSPS) is 23.5. The van der Waals surface area contributed by atoms with Gasteiger partial charge >= 0.3 is 5.97 Å². The van der Waals surface area contributed by atoms with Crippen LogP contribution >= 0.6 is 11.6 Å². The quantitative estimate of drug-likeness (QED) is 0.885. The van der Waals surface area contributed by atoms with E-state index in [-0.39, 0.29) is 10.6 Å². The van der Waals surface area contributed by atoms with E-state index in [1.807, 2.05) is 0 Å². The number of pyridine rings is 1. The van der Waals surface area contributed by atoms with Crippen molar-refractivity contribution >= 4 is 23.4 Å². The first-order valence-corrected chi connectivity index (χ1v) is 6.91. The molecule has 0 amide bonds. The molecule has 1 aromatic rings. The fourth-order valence-electron chi connectivity index (χ4n) is 2.58. The number of carbonyl (C=O) groups is 1. The zero-order valence-electron chi connectivity index (χ0n) is 10.5. The Labute approximate surface area is 116 Å². The minimum Gasteiger partial charge on any atom is -0.478 e. The fourth-order valence-corrected chi connectivity index (χ4v) is 2.83. The monoisotopic (exact) mass is 281 g/mol. The summed E-state index contributed by atoms with van der Waals surface area (Å²) in [5.74, 6) is -0.550. The average molecular weight is 282 g/mol. The lowest BCUT2D eigenvalue weighted by molar-refractivity contribution is 0.0697. The van der Waals surface area contributed by atoms with Gasteiger partial charge in [0.2, 0.25) is 0 Å². The van der Waals surface area contributed by atoms with Crippen molar-refractivity contribution in [2.24, 2.45) is 0 Å². The lowest BCUT2D eigenvalue weighted by atomic mass is 10.2. The third kappa shape index (κ3) is 2.67.